The maximum absolute atomic E-state index is 6.29. The molecule has 1 spiro atoms. The van der Waals surface area contributed by atoms with E-state index in [2.05, 4.69) is 20.2 Å². The Bertz CT molecular complexity index is 879. The molecule has 3 saturated heterocycles. The highest BCUT2D eigenvalue weighted by atomic mass is 35.5. The van der Waals surface area contributed by atoms with Crippen molar-refractivity contribution in [3.05, 3.63) is 34.4 Å². The van der Waals surface area contributed by atoms with E-state index in [0.717, 1.165) is 23.9 Å². The van der Waals surface area contributed by atoms with E-state index in [1.807, 2.05) is 12.1 Å². The van der Waals surface area contributed by atoms with Gasteiger partial charge in [0.05, 0.1) is 11.6 Å². The number of rotatable bonds is 1. The van der Waals surface area contributed by atoms with Gasteiger partial charge in [0, 0.05) is 29.1 Å². The summed E-state index contributed by atoms with van der Waals surface area (Å²) < 4.78 is 6.29. The SMILES string of the molecule is Clc1cc(Cl)c2cnc(NC3=NC[C@@]4(CN5CCC4CC5)O3)cc2c1. The lowest BCUT2D eigenvalue weighted by Crippen LogP contribution is -2.61. The average Bonchev–Trinajstić information content (AvgIpc) is 2.97. The summed E-state index contributed by atoms with van der Waals surface area (Å²) in [6, 6.07) is 6.08. The number of pyridine rings is 1. The van der Waals surface area contributed by atoms with Gasteiger partial charge in [-0.25, -0.2) is 9.98 Å². The van der Waals surface area contributed by atoms with Gasteiger partial charge in [0.15, 0.2) is 0 Å². The van der Waals surface area contributed by atoms with Crippen LogP contribution >= 0.6 is 23.2 Å². The van der Waals surface area contributed by atoms with Crippen LogP contribution in [-0.4, -0.2) is 47.7 Å². The van der Waals surface area contributed by atoms with Gasteiger partial charge in [-0.05, 0) is 49.5 Å². The molecule has 6 rings (SSSR count). The van der Waals surface area contributed by atoms with Crippen LogP contribution in [0.2, 0.25) is 10.0 Å². The van der Waals surface area contributed by atoms with Gasteiger partial charge in [-0.1, -0.05) is 23.2 Å². The third kappa shape index (κ3) is 2.65. The number of hydrogen-bond acceptors (Lipinski definition) is 5. The van der Waals surface area contributed by atoms with E-state index in [4.69, 9.17) is 27.9 Å². The van der Waals surface area contributed by atoms with E-state index in [1.54, 1.807) is 12.3 Å². The van der Waals surface area contributed by atoms with Crippen molar-refractivity contribution >= 4 is 45.8 Å². The van der Waals surface area contributed by atoms with Crippen LogP contribution < -0.4 is 5.32 Å². The van der Waals surface area contributed by atoms with Crippen molar-refractivity contribution < 1.29 is 4.74 Å². The fraction of sp³-hybridized carbons (Fsp3) is 0.444. The molecule has 25 heavy (non-hydrogen) atoms. The predicted molar refractivity (Wildman–Crippen MR) is 101 cm³/mol. The number of aliphatic imine (C=N–C) groups is 1. The lowest BCUT2D eigenvalue weighted by molar-refractivity contribution is -0.0829. The van der Waals surface area contributed by atoms with Crippen molar-refractivity contribution in [2.24, 2.45) is 10.9 Å². The van der Waals surface area contributed by atoms with E-state index < -0.39 is 0 Å². The zero-order chi connectivity index (χ0) is 17.0. The Labute approximate surface area is 156 Å². The molecule has 4 aliphatic rings. The van der Waals surface area contributed by atoms with Crippen LogP contribution in [0, 0.1) is 5.92 Å². The molecule has 1 N–H and O–H groups in total. The number of aromatic nitrogens is 1. The van der Waals surface area contributed by atoms with Crippen LogP contribution in [0.15, 0.2) is 29.4 Å². The quantitative estimate of drug-likeness (QED) is 0.821. The topological polar surface area (TPSA) is 49.8 Å². The van der Waals surface area contributed by atoms with Crippen LogP contribution in [0.1, 0.15) is 12.8 Å². The van der Waals surface area contributed by atoms with Gasteiger partial charge in [-0.2, -0.15) is 0 Å². The Morgan fingerprint density at radius 2 is 2.04 bits per heavy atom. The molecule has 0 amide bonds. The molecule has 0 unspecified atom stereocenters. The summed E-state index contributed by atoms with van der Waals surface area (Å²) in [5, 5.41) is 6.23. The molecule has 1 atom stereocenters. The molecule has 5 nitrogen and oxygen atoms in total. The van der Waals surface area contributed by atoms with Crippen molar-refractivity contribution in [2.75, 3.05) is 31.5 Å². The minimum atomic E-state index is -0.150. The second kappa shape index (κ2) is 5.73. The van der Waals surface area contributed by atoms with Crippen LogP contribution in [0.4, 0.5) is 5.82 Å². The highest BCUT2D eigenvalue weighted by molar-refractivity contribution is 6.38. The van der Waals surface area contributed by atoms with E-state index in [9.17, 15) is 0 Å². The lowest BCUT2D eigenvalue weighted by atomic mass is 9.75. The van der Waals surface area contributed by atoms with Crippen LogP contribution in [0.5, 0.6) is 0 Å². The summed E-state index contributed by atoms with van der Waals surface area (Å²) in [6.45, 7) is 4.07. The molecular formula is C18H18Cl2N4O. The van der Waals surface area contributed by atoms with E-state index in [-0.39, 0.29) is 5.60 Å². The number of piperidine rings is 3. The minimum Gasteiger partial charge on any atom is -0.455 e. The zero-order valence-electron chi connectivity index (χ0n) is 13.6. The zero-order valence-corrected chi connectivity index (χ0v) is 15.1. The first kappa shape index (κ1) is 15.7. The van der Waals surface area contributed by atoms with Gasteiger partial charge in [0.2, 0.25) is 0 Å². The monoisotopic (exact) mass is 376 g/mol. The summed E-state index contributed by atoms with van der Waals surface area (Å²) in [7, 11) is 0. The fourth-order valence-electron chi connectivity index (χ4n) is 4.30. The highest BCUT2D eigenvalue weighted by Gasteiger charge is 2.51. The fourth-order valence-corrected chi connectivity index (χ4v) is 4.86. The molecule has 3 fully saturated rings. The molecule has 4 aliphatic heterocycles. The Morgan fingerprint density at radius 3 is 2.80 bits per heavy atom. The number of nitrogens with one attached hydrogen (secondary N) is 1. The van der Waals surface area contributed by atoms with E-state index >= 15 is 0 Å². The average molecular weight is 377 g/mol. The number of hydrogen-bond donors (Lipinski definition) is 1. The Balaban J connectivity index is 1.37. The molecule has 7 heteroatoms. The van der Waals surface area contributed by atoms with Gasteiger partial charge in [0.25, 0.3) is 6.02 Å². The smallest absolute Gasteiger partial charge is 0.291 e. The molecule has 0 aliphatic carbocycles. The van der Waals surface area contributed by atoms with Gasteiger partial charge in [0.1, 0.15) is 11.4 Å². The maximum Gasteiger partial charge on any atom is 0.291 e. The number of halogens is 2. The summed E-state index contributed by atoms with van der Waals surface area (Å²) >= 11 is 12.3. The predicted octanol–water partition coefficient (Wildman–Crippen LogP) is 3.80. The largest absolute Gasteiger partial charge is 0.455 e. The molecule has 0 saturated carbocycles. The van der Waals surface area contributed by atoms with Gasteiger partial charge >= 0.3 is 0 Å². The van der Waals surface area contributed by atoms with Crippen molar-refractivity contribution in [2.45, 2.75) is 18.4 Å². The summed E-state index contributed by atoms with van der Waals surface area (Å²) in [4.78, 5) is 11.5. The third-order valence-electron chi connectivity index (χ3n) is 5.60. The summed E-state index contributed by atoms with van der Waals surface area (Å²) in [5.41, 5.74) is -0.150. The van der Waals surface area contributed by atoms with Crippen molar-refractivity contribution in [3.8, 4) is 0 Å². The molecule has 130 valence electrons. The molecule has 2 aromatic rings. The molecular weight excluding hydrogens is 359 g/mol. The Morgan fingerprint density at radius 1 is 1.20 bits per heavy atom. The van der Waals surface area contributed by atoms with E-state index in [0.29, 0.717) is 27.8 Å². The second-order valence-corrected chi connectivity index (χ2v) is 7.99. The number of amidine groups is 1. The first-order valence-electron chi connectivity index (χ1n) is 8.59. The van der Waals surface area contributed by atoms with Gasteiger partial charge < -0.3 is 4.74 Å². The first-order chi connectivity index (χ1) is 12.1. The lowest BCUT2D eigenvalue weighted by Gasteiger charge is -2.50. The number of anilines is 1. The molecule has 1 aromatic heterocycles. The second-order valence-electron chi connectivity index (χ2n) is 7.14. The Hall–Kier alpha value is -1.56. The first-order valence-corrected chi connectivity index (χ1v) is 9.35. The highest BCUT2D eigenvalue weighted by Crippen LogP contribution is 2.41. The van der Waals surface area contributed by atoms with Crippen molar-refractivity contribution in [1.29, 1.82) is 0 Å². The number of nitrogens with zero attached hydrogens (tertiary/aromatic N) is 3. The minimum absolute atomic E-state index is 0.150. The molecule has 0 radical (unpaired) electrons. The van der Waals surface area contributed by atoms with Gasteiger partial charge in [-0.3, -0.25) is 10.2 Å². The normalized spacial score (nSPS) is 30.6. The molecule has 5 heterocycles. The van der Waals surface area contributed by atoms with Crippen LogP contribution in [0.3, 0.4) is 0 Å². The standard InChI is InChI=1S/C18H18Cl2N4O/c19-13-5-11-6-16(21-8-14(11)15(20)7-13)23-17-22-9-18(25-17)10-24-3-1-12(18)2-4-24/h5-8,12H,1-4,9-10H2,(H,21,22,23)/t18-/m0/s1. The summed E-state index contributed by atoms with van der Waals surface area (Å²) in [5.74, 6) is 1.28. The van der Waals surface area contributed by atoms with Crippen molar-refractivity contribution in [1.82, 2.24) is 9.88 Å². The van der Waals surface area contributed by atoms with Crippen molar-refractivity contribution in [3.63, 3.8) is 0 Å². The molecule has 1 aromatic carbocycles. The summed E-state index contributed by atoms with van der Waals surface area (Å²) in [6.07, 6.45) is 4.15. The van der Waals surface area contributed by atoms with Gasteiger partial charge in [-0.15, -0.1) is 0 Å². The number of fused-ring (bicyclic) bond motifs is 3. The number of benzene rings is 1. The van der Waals surface area contributed by atoms with E-state index in [1.165, 1.54) is 25.9 Å². The van der Waals surface area contributed by atoms with Crippen LogP contribution in [-0.2, 0) is 4.74 Å². The Kier molecular flexibility index (Phi) is 3.59. The van der Waals surface area contributed by atoms with Crippen LogP contribution in [0.25, 0.3) is 10.8 Å². The molecule has 2 bridgehead atoms. The number of ether oxygens (including phenoxy) is 1. The third-order valence-corrected chi connectivity index (χ3v) is 6.13. The maximum atomic E-state index is 6.29.